The molecule has 2 aliphatic heterocycles. The summed E-state index contributed by atoms with van der Waals surface area (Å²) in [5, 5.41) is 12.8. The SMILES string of the molecule is CC(O)C1CCN(C(=O)[C@@H]2CCCCN2)C1. The van der Waals surface area contributed by atoms with E-state index in [1.54, 1.807) is 0 Å². The van der Waals surface area contributed by atoms with E-state index in [1.165, 1.54) is 6.42 Å². The highest BCUT2D eigenvalue weighted by atomic mass is 16.3. The second kappa shape index (κ2) is 5.15. The summed E-state index contributed by atoms with van der Waals surface area (Å²) in [5.74, 6) is 0.510. The minimum absolute atomic E-state index is 0.0292. The predicted octanol–water partition coefficient (Wildman–Crippen LogP) is 0.358. The van der Waals surface area contributed by atoms with E-state index >= 15 is 0 Å². The van der Waals surface area contributed by atoms with Crippen LogP contribution in [0.15, 0.2) is 0 Å². The predicted molar refractivity (Wildman–Crippen MR) is 62.0 cm³/mol. The van der Waals surface area contributed by atoms with Crippen molar-refractivity contribution in [3.8, 4) is 0 Å². The number of rotatable bonds is 2. The summed E-state index contributed by atoms with van der Waals surface area (Å²) in [6.45, 7) is 4.32. The molecule has 0 aromatic heterocycles. The number of likely N-dealkylation sites (tertiary alicyclic amines) is 1. The van der Waals surface area contributed by atoms with Gasteiger partial charge in [-0.25, -0.2) is 0 Å². The van der Waals surface area contributed by atoms with Crippen LogP contribution >= 0.6 is 0 Å². The maximum absolute atomic E-state index is 12.2. The van der Waals surface area contributed by atoms with Crippen LogP contribution in [-0.2, 0) is 4.79 Å². The molecule has 1 amide bonds. The number of piperidine rings is 1. The first-order chi connectivity index (χ1) is 7.68. The number of nitrogens with one attached hydrogen (secondary N) is 1. The molecule has 92 valence electrons. The fourth-order valence-corrected chi connectivity index (χ4v) is 2.66. The Hall–Kier alpha value is -0.610. The number of carbonyl (C=O) groups excluding carboxylic acids is 1. The zero-order valence-corrected chi connectivity index (χ0v) is 9.98. The number of hydrogen-bond donors (Lipinski definition) is 2. The van der Waals surface area contributed by atoms with Gasteiger partial charge in [0, 0.05) is 19.0 Å². The Morgan fingerprint density at radius 3 is 2.81 bits per heavy atom. The van der Waals surface area contributed by atoms with E-state index in [0.29, 0.717) is 0 Å². The Kier molecular flexibility index (Phi) is 3.82. The van der Waals surface area contributed by atoms with Gasteiger partial charge in [0.05, 0.1) is 12.1 Å². The van der Waals surface area contributed by atoms with Gasteiger partial charge >= 0.3 is 0 Å². The maximum Gasteiger partial charge on any atom is 0.239 e. The zero-order valence-electron chi connectivity index (χ0n) is 9.98. The lowest BCUT2D eigenvalue weighted by molar-refractivity contribution is -0.133. The van der Waals surface area contributed by atoms with E-state index in [-0.39, 0.29) is 24.0 Å². The lowest BCUT2D eigenvalue weighted by Gasteiger charge is -2.27. The van der Waals surface area contributed by atoms with Crippen LogP contribution < -0.4 is 5.32 Å². The van der Waals surface area contributed by atoms with Crippen LogP contribution in [0, 0.1) is 5.92 Å². The van der Waals surface area contributed by atoms with Gasteiger partial charge in [-0.05, 0) is 32.7 Å². The topological polar surface area (TPSA) is 52.6 Å². The molecule has 4 nitrogen and oxygen atoms in total. The van der Waals surface area contributed by atoms with Gasteiger partial charge in [-0.1, -0.05) is 6.42 Å². The molecule has 2 rings (SSSR count). The molecule has 4 heteroatoms. The van der Waals surface area contributed by atoms with Crippen LogP contribution in [0.25, 0.3) is 0 Å². The van der Waals surface area contributed by atoms with Crippen LogP contribution in [0.4, 0.5) is 0 Å². The van der Waals surface area contributed by atoms with E-state index in [0.717, 1.165) is 38.9 Å². The summed E-state index contributed by atoms with van der Waals surface area (Å²) in [6.07, 6.45) is 3.94. The fraction of sp³-hybridized carbons (Fsp3) is 0.917. The van der Waals surface area contributed by atoms with Crippen molar-refractivity contribution in [2.24, 2.45) is 5.92 Å². The molecule has 2 N–H and O–H groups in total. The summed E-state index contributed by atoms with van der Waals surface area (Å²) in [4.78, 5) is 14.1. The van der Waals surface area contributed by atoms with Gasteiger partial charge < -0.3 is 15.3 Å². The lowest BCUT2D eigenvalue weighted by atomic mass is 10.0. The first kappa shape index (κ1) is 11.9. The second-order valence-electron chi connectivity index (χ2n) is 5.08. The number of hydrogen-bond acceptors (Lipinski definition) is 3. The molecule has 3 atom stereocenters. The van der Waals surface area contributed by atoms with Crippen molar-refractivity contribution >= 4 is 5.91 Å². The van der Waals surface area contributed by atoms with Crippen LogP contribution in [-0.4, -0.2) is 47.7 Å². The molecule has 0 aromatic carbocycles. The molecule has 0 aliphatic carbocycles. The number of nitrogens with zero attached hydrogens (tertiary/aromatic N) is 1. The molecule has 2 fully saturated rings. The molecule has 0 spiro atoms. The van der Waals surface area contributed by atoms with Crippen LogP contribution in [0.5, 0.6) is 0 Å². The molecule has 2 unspecified atom stereocenters. The largest absolute Gasteiger partial charge is 0.393 e. The van der Waals surface area contributed by atoms with Gasteiger partial charge in [0.25, 0.3) is 0 Å². The summed E-state index contributed by atoms with van der Waals surface area (Å²) in [6, 6.07) is 0.0292. The number of aliphatic hydroxyl groups is 1. The second-order valence-corrected chi connectivity index (χ2v) is 5.08. The van der Waals surface area contributed by atoms with Crippen molar-refractivity contribution in [3.63, 3.8) is 0 Å². The van der Waals surface area contributed by atoms with Crippen molar-refractivity contribution in [1.29, 1.82) is 0 Å². The quantitative estimate of drug-likeness (QED) is 0.715. The molecule has 0 bridgehead atoms. The normalized spacial score (nSPS) is 32.8. The molecule has 0 aromatic rings. The Bertz CT molecular complexity index is 249. The zero-order chi connectivity index (χ0) is 11.5. The molecule has 0 saturated carbocycles. The monoisotopic (exact) mass is 226 g/mol. The molecule has 2 aliphatic rings. The van der Waals surface area contributed by atoms with E-state index in [4.69, 9.17) is 0 Å². The Balaban J connectivity index is 1.86. The average molecular weight is 226 g/mol. The third-order valence-electron chi connectivity index (χ3n) is 3.83. The third kappa shape index (κ3) is 2.55. The van der Waals surface area contributed by atoms with Gasteiger partial charge in [0.15, 0.2) is 0 Å². The summed E-state index contributed by atoms with van der Waals surface area (Å²) in [5.41, 5.74) is 0. The molecular formula is C12H22N2O2. The summed E-state index contributed by atoms with van der Waals surface area (Å²) in [7, 11) is 0. The van der Waals surface area contributed by atoms with Crippen LogP contribution in [0.1, 0.15) is 32.6 Å². The summed E-state index contributed by atoms with van der Waals surface area (Å²) < 4.78 is 0. The highest BCUT2D eigenvalue weighted by molar-refractivity contribution is 5.82. The first-order valence-corrected chi connectivity index (χ1v) is 6.38. The van der Waals surface area contributed by atoms with Gasteiger partial charge in [-0.2, -0.15) is 0 Å². The Morgan fingerprint density at radius 1 is 1.44 bits per heavy atom. The maximum atomic E-state index is 12.2. The van der Waals surface area contributed by atoms with Crippen molar-refractivity contribution < 1.29 is 9.90 Å². The number of aliphatic hydroxyl groups excluding tert-OH is 1. The smallest absolute Gasteiger partial charge is 0.239 e. The van der Waals surface area contributed by atoms with Crippen molar-refractivity contribution in [3.05, 3.63) is 0 Å². The van der Waals surface area contributed by atoms with Gasteiger partial charge in [0.2, 0.25) is 5.91 Å². The third-order valence-corrected chi connectivity index (χ3v) is 3.83. The Labute approximate surface area is 97.0 Å². The van der Waals surface area contributed by atoms with E-state index < -0.39 is 0 Å². The van der Waals surface area contributed by atoms with E-state index in [9.17, 15) is 9.90 Å². The number of carbonyl (C=O) groups is 1. The molecule has 2 heterocycles. The van der Waals surface area contributed by atoms with Crippen molar-refractivity contribution in [1.82, 2.24) is 10.2 Å². The average Bonchev–Trinajstić information content (AvgIpc) is 2.78. The molecule has 2 saturated heterocycles. The Morgan fingerprint density at radius 2 is 2.25 bits per heavy atom. The fourth-order valence-electron chi connectivity index (χ4n) is 2.66. The molecule has 0 radical (unpaired) electrons. The standard InChI is InChI=1S/C12H22N2O2/c1-9(15)10-5-7-14(8-10)12(16)11-4-2-3-6-13-11/h9-11,13,15H,2-8H2,1H3/t9?,10?,11-/m0/s1. The van der Waals surface area contributed by atoms with Gasteiger partial charge in [-0.15, -0.1) is 0 Å². The van der Waals surface area contributed by atoms with Crippen molar-refractivity contribution in [2.45, 2.75) is 44.8 Å². The van der Waals surface area contributed by atoms with Crippen LogP contribution in [0.2, 0.25) is 0 Å². The highest BCUT2D eigenvalue weighted by Gasteiger charge is 2.32. The minimum Gasteiger partial charge on any atom is -0.393 e. The molecule has 16 heavy (non-hydrogen) atoms. The first-order valence-electron chi connectivity index (χ1n) is 6.38. The minimum atomic E-state index is -0.294. The number of amides is 1. The van der Waals surface area contributed by atoms with Crippen molar-refractivity contribution in [2.75, 3.05) is 19.6 Å². The highest BCUT2D eigenvalue weighted by Crippen LogP contribution is 2.21. The van der Waals surface area contributed by atoms with Gasteiger partial charge in [0.1, 0.15) is 0 Å². The van der Waals surface area contributed by atoms with E-state index in [1.807, 2.05) is 11.8 Å². The van der Waals surface area contributed by atoms with Crippen LogP contribution in [0.3, 0.4) is 0 Å². The molecular weight excluding hydrogens is 204 g/mol. The lowest BCUT2D eigenvalue weighted by Crippen LogP contribution is -2.48. The van der Waals surface area contributed by atoms with Gasteiger partial charge in [-0.3, -0.25) is 4.79 Å². The van der Waals surface area contributed by atoms with E-state index in [2.05, 4.69) is 5.32 Å². The summed E-state index contributed by atoms with van der Waals surface area (Å²) >= 11 is 0.